The minimum Gasteiger partial charge on any atom is -0.493 e. The molecule has 1 aromatic rings. The van der Waals surface area contributed by atoms with Gasteiger partial charge in [0, 0.05) is 13.0 Å². The summed E-state index contributed by atoms with van der Waals surface area (Å²) < 4.78 is 21.4. The Bertz CT molecular complexity index is 356. The van der Waals surface area contributed by atoms with Crippen molar-refractivity contribution in [3.05, 3.63) is 17.7 Å². The molecular weight excluding hydrogens is 256 g/mol. The van der Waals surface area contributed by atoms with E-state index in [1.165, 1.54) is 0 Å². The van der Waals surface area contributed by atoms with Gasteiger partial charge in [-0.1, -0.05) is 0 Å². The minimum atomic E-state index is -0.00730. The average molecular weight is 275 g/mol. The zero-order valence-corrected chi connectivity index (χ0v) is 11.9. The number of methoxy groups -OCH3 is 3. The van der Waals surface area contributed by atoms with Crippen molar-refractivity contribution in [3.8, 4) is 17.2 Å². The third-order valence-electron chi connectivity index (χ3n) is 2.54. The van der Waals surface area contributed by atoms with Gasteiger partial charge in [0.05, 0.1) is 20.3 Å². The Balaban J connectivity index is 2.99. The Morgan fingerprint density at radius 2 is 1.67 bits per heavy atom. The van der Waals surface area contributed by atoms with Gasteiger partial charge in [0.25, 0.3) is 0 Å². The van der Waals surface area contributed by atoms with Crippen LogP contribution in [0.25, 0.3) is 0 Å². The highest BCUT2D eigenvalue weighted by atomic mass is 35.5. The molecule has 0 saturated heterocycles. The lowest BCUT2D eigenvalue weighted by Crippen LogP contribution is -2.16. The van der Waals surface area contributed by atoms with Gasteiger partial charge >= 0.3 is 0 Å². The van der Waals surface area contributed by atoms with E-state index >= 15 is 0 Å². The lowest BCUT2D eigenvalue weighted by molar-refractivity contribution is 0.0694. The van der Waals surface area contributed by atoms with E-state index in [2.05, 4.69) is 0 Å². The van der Waals surface area contributed by atoms with Crippen LogP contribution in [-0.2, 0) is 10.6 Å². The molecule has 0 spiro atoms. The van der Waals surface area contributed by atoms with Crippen molar-refractivity contribution in [3.63, 3.8) is 0 Å². The quantitative estimate of drug-likeness (QED) is 0.717. The van der Waals surface area contributed by atoms with Crippen molar-refractivity contribution >= 4 is 11.6 Å². The van der Waals surface area contributed by atoms with Crippen LogP contribution in [0.1, 0.15) is 12.5 Å². The molecule has 1 rings (SSSR count). The normalized spacial score (nSPS) is 12.1. The average Bonchev–Trinajstić information content (AvgIpc) is 2.43. The maximum absolute atomic E-state index is 5.82. The Kier molecular flexibility index (Phi) is 6.09. The second-order valence-electron chi connectivity index (χ2n) is 3.82. The lowest BCUT2D eigenvalue weighted by atomic mass is 10.2. The Hall–Kier alpha value is -1.13. The van der Waals surface area contributed by atoms with Crippen molar-refractivity contribution < 1.29 is 18.9 Å². The highest BCUT2D eigenvalue weighted by Gasteiger charge is 2.15. The molecule has 0 aromatic heterocycles. The number of benzene rings is 1. The summed E-state index contributed by atoms with van der Waals surface area (Å²) in [5.74, 6) is 2.17. The predicted octanol–water partition coefficient (Wildman–Crippen LogP) is 2.86. The van der Waals surface area contributed by atoms with Crippen molar-refractivity contribution in [2.24, 2.45) is 0 Å². The van der Waals surface area contributed by atoms with E-state index in [4.69, 9.17) is 30.5 Å². The molecule has 0 saturated carbocycles. The molecule has 0 aliphatic heterocycles. The summed E-state index contributed by atoms with van der Waals surface area (Å²) in [5, 5.41) is 0. The summed E-state index contributed by atoms with van der Waals surface area (Å²) in [6.45, 7) is 2.34. The molecule has 18 heavy (non-hydrogen) atoms. The van der Waals surface area contributed by atoms with Gasteiger partial charge < -0.3 is 18.9 Å². The second-order valence-corrected chi connectivity index (χ2v) is 4.09. The fourth-order valence-corrected chi connectivity index (χ4v) is 1.58. The Morgan fingerprint density at radius 1 is 1.11 bits per heavy atom. The van der Waals surface area contributed by atoms with Crippen LogP contribution in [0.4, 0.5) is 0 Å². The van der Waals surface area contributed by atoms with E-state index < -0.39 is 0 Å². The molecule has 0 fully saturated rings. The van der Waals surface area contributed by atoms with Crippen molar-refractivity contribution in [2.75, 3.05) is 27.9 Å². The smallest absolute Gasteiger partial charge is 0.203 e. The third-order valence-corrected chi connectivity index (χ3v) is 2.85. The number of hydrogen-bond donors (Lipinski definition) is 0. The molecule has 0 bridgehead atoms. The van der Waals surface area contributed by atoms with Gasteiger partial charge in [0.2, 0.25) is 5.75 Å². The van der Waals surface area contributed by atoms with Gasteiger partial charge in [-0.05, 0) is 24.6 Å². The summed E-state index contributed by atoms with van der Waals surface area (Å²) in [6, 6.07) is 3.67. The summed E-state index contributed by atoms with van der Waals surface area (Å²) in [6.07, 6.45) is -0.00730. The van der Waals surface area contributed by atoms with E-state index in [-0.39, 0.29) is 6.10 Å². The molecule has 0 aliphatic carbocycles. The highest BCUT2D eigenvalue weighted by molar-refractivity contribution is 6.17. The molecule has 5 heteroatoms. The van der Waals surface area contributed by atoms with Crippen molar-refractivity contribution in [1.29, 1.82) is 0 Å². The van der Waals surface area contributed by atoms with Crippen LogP contribution in [0.3, 0.4) is 0 Å². The van der Waals surface area contributed by atoms with Gasteiger partial charge in [-0.25, -0.2) is 0 Å². The fraction of sp³-hybridized carbons (Fsp3) is 0.538. The first-order valence-electron chi connectivity index (χ1n) is 5.62. The van der Waals surface area contributed by atoms with Crippen LogP contribution >= 0.6 is 11.6 Å². The van der Waals surface area contributed by atoms with Crippen LogP contribution in [0, 0.1) is 0 Å². The first-order valence-corrected chi connectivity index (χ1v) is 6.16. The first kappa shape index (κ1) is 14.9. The molecule has 0 N–H and O–H groups in total. The number of ether oxygens (including phenoxy) is 4. The maximum atomic E-state index is 5.82. The van der Waals surface area contributed by atoms with Crippen LogP contribution in [0.5, 0.6) is 17.2 Å². The molecule has 1 aromatic carbocycles. The van der Waals surface area contributed by atoms with Gasteiger partial charge in [-0.15, -0.1) is 11.6 Å². The van der Waals surface area contributed by atoms with Crippen LogP contribution < -0.4 is 14.2 Å². The van der Waals surface area contributed by atoms with Crippen molar-refractivity contribution in [1.82, 2.24) is 0 Å². The largest absolute Gasteiger partial charge is 0.493 e. The zero-order chi connectivity index (χ0) is 13.5. The zero-order valence-electron chi connectivity index (χ0n) is 11.2. The summed E-state index contributed by atoms with van der Waals surface area (Å²) in [5.41, 5.74) is 0.914. The number of alkyl halides is 1. The summed E-state index contributed by atoms with van der Waals surface area (Å²) in [7, 11) is 4.80. The van der Waals surface area contributed by atoms with Crippen LogP contribution in [0.2, 0.25) is 0 Å². The molecule has 102 valence electrons. The maximum Gasteiger partial charge on any atom is 0.203 e. The van der Waals surface area contributed by atoms with Gasteiger partial charge in [0.1, 0.15) is 6.61 Å². The Labute approximate surface area is 113 Å². The van der Waals surface area contributed by atoms with E-state index in [0.717, 1.165) is 5.56 Å². The lowest BCUT2D eigenvalue weighted by Gasteiger charge is -2.17. The number of halogens is 1. The van der Waals surface area contributed by atoms with Crippen molar-refractivity contribution in [2.45, 2.75) is 18.9 Å². The monoisotopic (exact) mass is 274 g/mol. The Morgan fingerprint density at radius 3 is 2.06 bits per heavy atom. The van der Waals surface area contributed by atoms with Gasteiger partial charge in [-0.2, -0.15) is 0 Å². The molecular formula is C13H19ClO4. The molecule has 0 aliphatic rings. The van der Waals surface area contributed by atoms with E-state index in [1.54, 1.807) is 21.3 Å². The number of hydrogen-bond acceptors (Lipinski definition) is 4. The van der Waals surface area contributed by atoms with Crippen LogP contribution in [-0.4, -0.2) is 34.0 Å². The molecule has 0 amide bonds. The highest BCUT2D eigenvalue weighted by Crippen LogP contribution is 2.39. The minimum absolute atomic E-state index is 0.00730. The van der Waals surface area contributed by atoms with Gasteiger partial charge in [0.15, 0.2) is 11.5 Å². The van der Waals surface area contributed by atoms with E-state index in [0.29, 0.717) is 29.7 Å². The molecule has 0 radical (unpaired) electrons. The first-order chi connectivity index (χ1) is 8.65. The molecule has 4 nitrogen and oxygen atoms in total. The molecule has 1 atom stereocenters. The predicted molar refractivity (Wildman–Crippen MR) is 71.1 cm³/mol. The van der Waals surface area contributed by atoms with Gasteiger partial charge in [-0.3, -0.25) is 0 Å². The molecule has 0 heterocycles. The topological polar surface area (TPSA) is 36.9 Å². The second kappa shape index (κ2) is 7.34. The fourth-order valence-electron chi connectivity index (χ4n) is 1.42. The van der Waals surface area contributed by atoms with E-state index in [9.17, 15) is 0 Å². The van der Waals surface area contributed by atoms with Crippen LogP contribution in [0.15, 0.2) is 12.1 Å². The number of rotatable bonds is 7. The molecule has 1 unspecified atom stereocenters. The standard InChI is InChI=1S/C13H19ClO4/c1-9(15-2)8-18-13-11(16-3)5-10(7-14)6-12(13)17-4/h5-6,9H,7-8H2,1-4H3. The summed E-state index contributed by atoms with van der Waals surface area (Å²) in [4.78, 5) is 0. The SMILES string of the molecule is COc1cc(CCl)cc(OC)c1OCC(C)OC. The third kappa shape index (κ3) is 3.68. The summed E-state index contributed by atoms with van der Waals surface area (Å²) >= 11 is 5.82. The van der Waals surface area contributed by atoms with E-state index in [1.807, 2.05) is 19.1 Å².